The molecule has 0 saturated heterocycles. The van der Waals surface area contributed by atoms with Crippen LogP contribution in [0.4, 0.5) is 5.69 Å². The van der Waals surface area contributed by atoms with Crippen LogP contribution in [-0.4, -0.2) is 5.04 Å². The lowest BCUT2D eigenvalue weighted by atomic mass is 10.3. The first-order chi connectivity index (χ1) is 12.3. The summed E-state index contributed by atoms with van der Waals surface area (Å²) in [6, 6.07) is 29.9. The largest absolute Gasteiger partial charge is 0.465 e. The Morgan fingerprint density at radius 1 is 0.800 bits per heavy atom. The second-order valence-corrected chi connectivity index (χ2v) is 6.46. The summed E-state index contributed by atoms with van der Waals surface area (Å²) >= 11 is 1.63. The van der Waals surface area contributed by atoms with Crippen molar-refractivity contribution in [1.29, 1.82) is 0 Å². The molecule has 3 rings (SSSR count). The van der Waals surface area contributed by atoms with Crippen molar-refractivity contribution in [1.82, 2.24) is 0 Å². The minimum Gasteiger partial charge on any atom is -0.465 e. The van der Waals surface area contributed by atoms with Crippen LogP contribution in [0.15, 0.2) is 113 Å². The van der Waals surface area contributed by atoms with Crippen LogP contribution in [0.5, 0.6) is 5.75 Å². The Morgan fingerprint density at radius 2 is 1.36 bits per heavy atom. The summed E-state index contributed by atoms with van der Waals surface area (Å²) in [5, 5.41) is 0.910. The number of para-hydroxylation sites is 2. The van der Waals surface area contributed by atoms with Gasteiger partial charge in [0.05, 0.1) is 11.9 Å². The number of benzene rings is 3. The molecular formula is C22H19NOS. The maximum absolute atomic E-state index is 5.77. The minimum atomic E-state index is 0.811. The molecule has 0 aliphatic heterocycles. The third-order valence-corrected chi connectivity index (χ3v) is 4.51. The maximum Gasteiger partial charge on any atom is 0.126 e. The van der Waals surface area contributed by atoms with Gasteiger partial charge in [0.1, 0.15) is 10.8 Å². The first-order valence-corrected chi connectivity index (χ1v) is 8.88. The third kappa shape index (κ3) is 5.37. The van der Waals surface area contributed by atoms with Gasteiger partial charge in [0.2, 0.25) is 0 Å². The van der Waals surface area contributed by atoms with E-state index in [4.69, 9.17) is 9.73 Å². The molecule has 0 spiro atoms. The molecule has 3 heteroatoms. The average Bonchev–Trinajstić information content (AvgIpc) is 2.68. The topological polar surface area (TPSA) is 21.6 Å². The Kier molecular flexibility index (Phi) is 6.07. The average molecular weight is 345 g/mol. The number of hydrogen-bond acceptors (Lipinski definition) is 3. The number of rotatable bonds is 5. The van der Waals surface area contributed by atoms with Gasteiger partial charge in [-0.05, 0) is 43.3 Å². The molecule has 25 heavy (non-hydrogen) atoms. The van der Waals surface area contributed by atoms with E-state index in [1.54, 1.807) is 18.0 Å². The van der Waals surface area contributed by atoms with Gasteiger partial charge in [-0.15, -0.1) is 0 Å². The monoisotopic (exact) mass is 345 g/mol. The molecule has 0 bridgehead atoms. The highest BCUT2D eigenvalue weighted by atomic mass is 32.2. The van der Waals surface area contributed by atoms with Crippen molar-refractivity contribution in [2.24, 2.45) is 4.99 Å². The van der Waals surface area contributed by atoms with Gasteiger partial charge in [-0.3, -0.25) is 0 Å². The first-order valence-electron chi connectivity index (χ1n) is 8.07. The van der Waals surface area contributed by atoms with Crippen molar-refractivity contribution in [2.75, 3.05) is 0 Å². The smallest absolute Gasteiger partial charge is 0.126 e. The van der Waals surface area contributed by atoms with Crippen molar-refractivity contribution < 1.29 is 4.74 Å². The third-order valence-electron chi connectivity index (χ3n) is 3.40. The highest BCUT2D eigenvalue weighted by molar-refractivity contribution is 8.14. The highest BCUT2D eigenvalue weighted by Gasteiger charge is 2.07. The standard InChI is InChI=1S/C22H19NOS/c1-18(17-24-20-13-7-3-8-14-20)22(23-19-11-5-2-6-12-19)25-21-15-9-4-10-16-21/h2-17H,1H3. The summed E-state index contributed by atoms with van der Waals surface area (Å²) in [5.41, 5.74) is 1.90. The quantitative estimate of drug-likeness (QED) is 0.228. The number of ether oxygens (including phenoxy) is 1. The van der Waals surface area contributed by atoms with Crippen LogP contribution in [0.25, 0.3) is 0 Å². The van der Waals surface area contributed by atoms with Gasteiger partial charge in [-0.25, -0.2) is 4.99 Å². The molecule has 0 aliphatic carbocycles. The molecule has 0 radical (unpaired) electrons. The lowest BCUT2D eigenvalue weighted by molar-refractivity contribution is 0.478. The van der Waals surface area contributed by atoms with Gasteiger partial charge in [0, 0.05) is 10.5 Å². The molecule has 0 heterocycles. The van der Waals surface area contributed by atoms with Gasteiger partial charge in [-0.2, -0.15) is 0 Å². The Bertz CT molecular complexity index is 843. The van der Waals surface area contributed by atoms with E-state index in [0.717, 1.165) is 26.9 Å². The van der Waals surface area contributed by atoms with Crippen LogP contribution in [0.2, 0.25) is 0 Å². The molecule has 3 aromatic rings. The van der Waals surface area contributed by atoms with Crippen molar-refractivity contribution in [3.05, 3.63) is 103 Å². The van der Waals surface area contributed by atoms with E-state index < -0.39 is 0 Å². The van der Waals surface area contributed by atoms with E-state index in [-0.39, 0.29) is 0 Å². The second-order valence-electron chi connectivity index (χ2n) is 5.40. The van der Waals surface area contributed by atoms with Gasteiger partial charge >= 0.3 is 0 Å². The van der Waals surface area contributed by atoms with Crippen LogP contribution in [-0.2, 0) is 0 Å². The van der Waals surface area contributed by atoms with Gasteiger partial charge in [0.15, 0.2) is 0 Å². The lowest BCUT2D eigenvalue weighted by Crippen LogP contribution is -1.97. The summed E-state index contributed by atoms with van der Waals surface area (Å²) in [7, 11) is 0. The molecule has 0 fully saturated rings. The van der Waals surface area contributed by atoms with Gasteiger partial charge in [-0.1, -0.05) is 66.4 Å². The molecule has 0 aliphatic rings. The predicted octanol–water partition coefficient (Wildman–Crippen LogP) is 6.49. The molecule has 3 aromatic carbocycles. The molecule has 0 aromatic heterocycles. The van der Waals surface area contributed by atoms with E-state index in [1.165, 1.54) is 0 Å². The van der Waals surface area contributed by atoms with Crippen LogP contribution in [0.3, 0.4) is 0 Å². The summed E-state index contributed by atoms with van der Waals surface area (Å²) in [4.78, 5) is 5.94. The SMILES string of the molecule is CC(=COc1ccccc1)C(=Nc1ccccc1)Sc1ccccc1. The maximum atomic E-state index is 5.77. The fraction of sp³-hybridized carbons (Fsp3) is 0.0455. The summed E-state index contributed by atoms with van der Waals surface area (Å²) in [6.07, 6.45) is 1.76. The van der Waals surface area contributed by atoms with Crippen molar-refractivity contribution in [2.45, 2.75) is 11.8 Å². The Labute approximate surface area is 152 Å². The molecule has 0 unspecified atom stereocenters. The molecule has 124 valence electrons. The summed E-state index contributed by atoms with van der Waals surface area (Å²) in [5.74, 6) is 0.811. The Morgan fingerprint density at radius 3 is 2.00 bits per heavy atom. The highest BCUT2D eigenvalue weighted by Crippen LogP contribution is 2.26. The summed E-state index contributed by atoms with van der Waals surface area (Å²) < 4.78 is 5.77. The van der Waals surface area contributed by atoms with E-state index in [9.17, 15) is 0 Å². The molecule has 2 nitrogen and oxygen atoms in total. The fourth-order valence-electron chi connectivity index (χ4n) is 2.12. The number of aliphatic imine (C=N–C) groups is 1. The van der Waals surface area contributed by atoms with Gasteiger partial charge in [0.25, 0.3) is 0 Å². The molecular weight excluding hydrogens is 326 g/mol. The minimum absolute atomic E-state index is 0.811. The zero-order valence-corrected chi connectivity index (χ0v) is 14.8. The van der Waals surface area contributed by atoms with E-state index in [1.807, 2.05) is 85.8 Å². The zero-order valence-electron chi connectivity index (χ0n) is 14.0. The van der Waals surface area contributed by atoms with E-state index >= 15 is 0 Å². The molecule has 0 amide bonds. The van der Waals surface area contributed by atoms with Crippen molar-refractivity contribution >= 4 is 22.5 Å². The molecule has 0 saturated carbocycles. The number of hydrogen-bond donors (Lipinski definition) is 0. The van der Waals surface area contributed by atoms with E-state index in [2.05, 4.69) is 12.1 Å². The lowest BCUT2D eigenvalue weighted by Gasteiger charge is -2.08. The number of nitrogens with zero attached hydrogens (tertiary/aromatic N) is 1. The normalized spacial score (nSPS) is 12.0. The molecule has 0 N–H and O–H groups in total. The molecule has 0 atom stereocenters. The van der Waals surface area contributed by atoms with Gasteiger partial charge < -0.3 is 4.74 Å². The Balaban J connectivity index is 1.86. The number of thioether (sulfide) groups is 1. The second kappa shape index (κ2) is 8.90. The zero-order chi connectivity index (χ0) is 17.3. The van der Waals surface area contributed by atoms with Crippen LogP contribution in [0, 0.1) is 0 Å². The van der Waals surface area contributed by atoms with Crippen LogP contribution >= 0.6 is 11.8 Å². The first kappa shape index (κ1) is 17.1. The van der Waals surface area contributed by atoms with Crippen molar-refractivity contribution in [3.8, 4) is 5.75 Å². The fourth-order valence-corrected chi connectivity index (χ4v) is 2.99. The van der Waals surface area contributed by atoms with E-state index in [0.29, 0.717) is 0 Å². The van der Waals surface area contributed by atoms with Crippen LogP contribution in [0.1, 0.15) is 6.92 Å². The Hall–Kier alpha value is -2.78. The predicted molar refractivity (Wildman–Crippen MR) is 107 cm³/mol. The van der Waals surface area contributed by atoms with Crippen LogP contribution < -0.4 is 4.74 Å². The summed E-state index contributed by atoms with van der Waals surface area (Å²) in [6.45, 7) is 2.01. The van der Waals surface area contributed by atoms with Crippen molar-refractivity contribution in [3.63, 3.8) is 0 Å².